The third kappa shape index (κ3) is 4.53. The smallest absolute Gasteiger partial charge is 0.240 e. The molecular weight excluding hydrogens is 312 g/mol. The first-order valence-corrected chi connectivity index (χ1v) is 9.72. The van der Waals surface area contributed by atoms with Gasteiger partial charge in [-0.05, 0) is 51.1 Å². The Hall–Kier alpha value is -0.950. The van der Waals surface area contributed by atoms with Gasteiger partial charge in [0.05, 0.1) is 4.90 Å². The SMILES string of the molecule is CCCc1ccc(S(=O)(=O)NCC2(N(C)C)CCOCC2)cc1. The van der Waals surface area contributed by atoms with Crippen molar-refractivity contribution in [2.24, 2.45) is 0 Å². The van der Waals surface area contributed by atoms with Gasteiger partial charge in [0, 0.05) is 25.3 Å². The maximum Gasteiger partial charge on any atom is 0.240 e. The number of aryl methyl sites for hydroxylation is 1. The number of rotatable bonds is 7. The van der Waals surface area contributed by atoms with E-state index in [4.69, 9.17) is 4.74 Å². The molecular formula is C17H28N2O3S. The molecule has 0 aromatic heterocycles. The van der Waals surface area contributed by atoms with E-state index in [1.165, 1.54) is 5.56 Å². The summed E-state index contributed by atoms with van der Waals surface area (Å²) in [7, 11) is 0.518. The van der Waals surface area contributed by atoms with Crippen LogP contribution in [0.1, 0.15) is 31.7 Å². The van der Waals surface area contributed by atoms with Gasteiger partial charge in [-0.1, -0.05) is 25.5 Å². The van der Waals surface area contributed by atoms with Gasteiger partial charge in [-0.15, -0.1) is 0 Å². The van der Waals surface area contributed by atoms with Crippen LogP contribution >= 0.6 is 0 Å². The predicted octanol–water partition coefficient (Wildman–Crippen LogP) is 2.03. The topological polar surface area (TPSA) is 58.6 Å². The number of hydrogen-bond acceptors (Lipinski definition) is 4. The predicted molar refractivity (Wildman–Crippen MR) is 92.1 cm³/mol. The molecule has 6 heteroatoms. The molecule has 130 valence electrons. The molecule has 1 saturated heterocycles. The van der Waals surface area contributed by atoms with Crippen molar-refractivity contribution in [1.29, 1.82) is 0 Å². The van der Waals surface area contributed by atoms with Gasteiger partial charge in [-0.2, -0.15) is 0 Å². The molecule has 23 heavy (non-hydrogen) atoms. The third-order valence-electron chi connectivity index (χ3n) is 4.74. The molecule has 1 aliphatic rings. The van der Waals surface area contributed by atoms with Crippen LogP contribution in [-0.2, 0) is 21.2 Å². The van der Waals surface area contributed by atoms with Gasteiger partial charge in [0.1, 0.15) is 0 Å². The van der Waals surface area contributed by atoms with E-state index in [0.29, 0.717) is 24.7 Å². The second-order valence-electron chi connectivity index (χ2n) is 6.45. The van der Waals surface area contributed by atoms with Gasteiger partial charge < -0.3 is 9.64 Å². The molecule has 0 spiro atoms. The van der Waals surface area contributed by atoms with Crippen molar-refractivity contribution in [1.82, 2.24) is 9.62 Å². The number of nitrogens with one attached hydrogen (secondary N) is 1. The van der Waals surface area contributed by atoms with Crippen LogP contribution in [0.4, 0.5) is 0 Å². The van der Waals surface area contributed by atoms with E-state index in [-0.39, 0.29) is 5.54 Å². The first-order chi connectivity index (χ1) is 10.9. The molecule has 5 nitrogen and oxygen atoms in total. The summed E-state index contributed by atoms with van der Waals surface area (Å²) in [5.41, 5.74) is 0.994. The first-order valence-electron chi connectivity index (χ1n) is 8.23. The lowest BCUT2D eigenvalue weighted by Gasteiger charge is -2.42. The monoisotopic (exact) mass is 340 g/mol. The summed E-state index contributed by atoms with van der Waals surface area (Å²) in [6, 6.07) is 7.18. The zero-order valence-electron chi connectivity index (χ0n) is 14.3. The number of likely N-dealkylation sites (N-methyl/N-ethyl adjacent to an activating group) is 1. The summed E-state index contributed by atoms with van der Waals surface area (Å²) in [5.74, 6) is 0. The minimum Gasteiger partial charge on any atom is -0.381 e. The van der Waals surface area contributed by atoms with E-state index in [1.807, 2.05) is 26.2 Å². The molecule has 0 aliphatic carbocycles. The molecule has 1 aliphatic heterocycles. The van der Waals surface area contributed by atoms with Crippen LogP contribution < -0.4 is 4.72 Å². The van der Waals surface area contributed by atoms with Crippen LogP contribution in [0.3, 0.4) is 0 Å². The van der Waals surface area contributed by atoms with E-state index in [2.05, 4.69) is 16.5 Å². The molecule has 2 rings (SSSR count). The summed E-state index contributed by atoms with van der Waals surface area (Å²) in [6.45, 7) is 3.86. The lowest BCUT2D eigenvalue weighted by atomic mass is 9.89. The maximum atomic E-state index is 12.5. The average molecular weight is 340 g/mol. The van der Waals surface area contributed by atoms with Crippen LogP contribution in [0.25, 0.3) is 0 Å². The standard InChI is InChI=1S/C17H28N2O3S/c1-4-5-15-6-8-16(9-7-15)23(20,21)18-14-17(19(2)3)10-12-22-13-11-17/h6-9,18H,4-5,10-14H2,1-3H3. The average Bonchev–Trinajstić information content (AvgIpc) is 2.55. The molecule has 0 radical (unpaired) electrons. The molecule has 0 unspecified atom stereocenters. The highest BCUT2D eigenvalue weighted by Crippen LogP contribution is 2.25. The Morgan fingerprint density at radius 2 is 1.78 bits per heavy atom. The van der Waals surface area contributed by atoms with Gasteiger partial charge >= 0.3 is 0 Å². The van der Waals surface area contributed by atoms with E-state index >= 15 is 0 Å². The molecule has 0 saturated carbocycles. The number of nitrogens with zero attached hydrogens (tertiary/aromatic N) is 1. The Kier molecular flexibility index (Phi) is 6.19. The number of ether oxygens (including phenoxy) is 1. The van der Waals surface area contributed by atoms with Gasteiger partial charge in [-0.3, -0.25) is 0 Å². The number of sulfonamides is 1. The second kappa shape index (κ2) is 7.75. The summed E-state index contributed by atoms with van der Waals surface area (Å²) in [4.78, 5) is 2.45. The van der Waals surface area contributed by atoms with E-state index in [9.17, 15) is 8.42 Å². The van der Waals surface area contributed by atoms with E-state index in [0.717, 1.165) is 25.7 Å². The zero-order valence-corrected chi connectivity index (χ0v) is 15.2. The molecule has 0 atom stereocenters. The van der Waals surface area contributed by atoms with Crippen LogP contribution in [-0.4, -0.2) is 52.7 Å². The lowest BCUT2D eigenvalue weighted by molar-refractivity contribution is -0.00453. The summed E-state index contributed by atoms with van der Waals surface area (Å²) >= 11 is 0. The second-order valence-corrected chi connectivity index (χ2v) is 8.22. The molecule has 1 heterocycles. The van der Waals surface area contributed by atoms with Crippen LogP contribution in [0.5, 0.6) is 0 Å². The highest BCUT2D eigenvalue weighted by atomic mass is 32.2. The fourth-order valence-electron chi connectivity index (χ4n) is 2.97. The first kappa shape index (κ1) is 18.4. The molecule has 1 aromatic rings. The minimum absolute atomic E-state index is 0.173. The third-order valence-corrected chi connectivity index (χ3v) is 6.15. The van der Waals surface area contributed by atoms with Crippen LogP contribution in [0, 0.1) is 0 Å². The molecule has 1 aromatic carbocycles. The Balaban J connectivity index is 2.08. The fourth-order valence-corrected chi connectivity index (χ4v) is 4.09. The van der Waals surface area contributed by atoms with Crippen molar-refractivity contribution < 1.29 is 13.2 Å². The van der Waals surface area contributed by atoms with E-state index in [1.54, 1.807) is 12.1 Å². The number of hydrogen-bond donors (Lipinski definition) is 1. The Morgan fingerprint density at radius 3 is 2.30 bits per heavy atom. The molecule has 0 bridgehead atoms. The molecule has 1 N–H and O–H groups in total. The summed E-state index contributed by atoms with van der Waals surface area (Å²) in [6.07, 6.45) is 3.69. The number of benzene rings is 1. The fraction of sp³-hybridized carbons (Fsp3) is 0.647. The van der Waals surface area contributed by atoms with Crippen molar-refractivity contribution >= 4 is 10.0 Å². The van der Waals surface area contributed by atoms with Crippen molar-refractivity contribution in [2.75, 3.05) is 33.9 Å². The van der Waals surface area contributed by atoms with E-state index < -0.39 is 10.0 Å². The molecule has 1 fully saturated rings. The quantitative estimate of drug-likeness (QED) is 0.825. The van der Waals surface area contributed by atoms with Crippen LogP contribution in [0.15, 0.2) is 29.2 Å². The van der Waals surface area contributed by atoms with Crippen molar-refractivity contribution in [3.05, 3.63) is 29.8 Å². The normalized spacial score (nSPS) is 18.3. The van der Waals surface area contributed by atoms with Gasteiger partial charge in [-0.25, -0.2) is 13.1 Å². The highest BCUT2D eigenvalue weighted by Gasteiger charge is 2.36. The Morgan fingerprint density at radius 1 is 1.17 bits per heavy atom. The minimum atomic E-state index is -3.48. The van der Waals surface area contributed by atoms with Gasteiger partial charge in [0.2, 0.25) is 10.0 Å². The van der Waals surface area contributed by atoms with Gasteiger partial charge in [0.25, 0.3) is 0 Å². The Labute approximate surface area is 140 Å². The van der Waals surface area contributed by atoms with Crippen molar-refractivity contribution in [2.45, 2.75) is 43.0 Å². The van der Waals surface area contributed by atoms with Gasteiger partial charge in [0.15, 0.2) is 0 Å². The van der Waals surface area contributed by atoms with Crippen molar-refractivity contribution in [3.63, 3.8) is 0 Å². The molecule has 0 amide bonds. The zero-order chi connectivity index (χ0) is 16.9. The highest BCUT2D eigenvalue weighted by molar-refractivity contribution is 7.89. The maximum absolute atomic E-state index is 12.5. The largest absolute Gasteiger partial charge is 0.381 e. The lowest BCUT2D eigenvalue weighted by Crippen LogP contribution is -2.55. The van der Waals surface area contributed by atoms with Crippen LogP contribution in [0.2, 0.25) is 0 Å². The summed E-state index contributed by atoms with van der Waals surface area (Å²) in [5, 5.41) is 0. The summed E-state index contributed by atoms with van der Waals surface area (Å²) < 4.78 is 33.3. The van der Waals surface area contributed by atoms with Crippen molar-refractivity contribution in [3.8, 4) is 0 Å². The Bertz CT molecular complexity index is 591.